The number of hydrogen-bond donors (Lipinski definition) is 0. The molecule has 1 nitrogen and oxygen atoms in total. The molecule has 0 aromatic carbocycles. The van der Waals surface area contributed by atoms with Gasteiger partial charge in [-0.25, -0.2) is 5.71 Å². The molecule has 0 bridgehead atoms. The summed E-state index contributed by atoms with van der Waals surface area (Å²) in [4.78, 5) is 0. The van der Waals surface area contributed by atoms with Gasteiger partial charge in [-0.1, -0.05) is 33.6 Å². The van der Waals surface area contributed by atoms with Gasteiger partial charge in [0.2, 0.25) is 0 Å². The first-order valence-electron chi connectivity index (χ1n) is 4.05. The Balaban J connectivity index is 0.000001000. The van der Waals surface area contributed by atoms with Gasteiger partial charge < -0.3 is 5.41 Å². The first-order chi connectivity index (χ1) is 4.52. The Labute approximate surface area is 81.6 Å². The minimum absolute atomic E-state index is 0. The zero-order valence-corrected chi connectivity index (χ0v) is 8.15. The van der Waals surface area contributed by atoms with Crippen LogP contribution in [0.1, 0.15) is 40.0 Å². The number of hydrogen-bond acceptors (Lipinski definition) is 0. The second-order valence-electron chi connectivity index (χ2n) is 4.12. The van der Waals surface area contributed by atoms with Crippen LogP contribution in [0, 0.1) is 11.3 Å². The van der Waals surface area contributed by atoms with Gasteiger partial charge in [-0.2, -0.15) is 0 Å². The molecule has 1 rings (SSSR count). The van der Waals surface area contributed by atoms with E-state index in [-0.39, 0.29) is 24.3 Å². The van der Waals surface area contributed by atoms with Crippen molar-refractivity contribution in [3.05, 3.63) is 5.41 Å². The van der Waals surface area contributed by atoms with E-state index in [2.05, 4.69) is 13.8 Å². The third kappa shape index (κ3) is 3.45. The first kappa shape index (κ1) is 11.3. The van der Waals surface area contributed by atoms with Gasteiger partial charge in [0.25, 0.3) is 0 Å². The molecule has 0 aliphatic heterocycles. The summed E-state index contributed by atoms with van der Waals surface area (Å²) in [6, 6.07) is 0. The van der Waals surface area contributed by atoms with Crippen LogP contribution in [0.2, 0.25) is 0 Å². The largest absolute Gasteiger partial charge is 1.00 e. The Morgan fingerprint density at radius 1 is 1.45 bits per heavy atom. The molecule has 0 aromatic heterocycles. The SMILES string of the molecule is CC(=[N-])C(C)(C)CC1CC1.[Li+]. The van der Waals surface area contributed by atoms with Gasteiger partial charge in [0, 0.05) is 0 Å². The smallest absolute Gasteiger partial charge is 0.811 e. The Morgan fingerprint density at radius 2 is 1.91 bits per heavy atom. The second-order valence-corrected chi connectivity index (χ2v) is 4.12. The molecule has 58 valence electrons. The van der Waals surface area contributed by atoms with Gasteiger partial charge in [0.05, 0.1) is 0 Å². The van der Waals surface area contributed by atoms with Crippen molar-refractivity contribution in [2.24, 2.45) is 11.3 Å². The predicted molar refractivity (Wildman–Crippen MR) is 45.2 cm³/mol. The molecule has 0 N–H and O–H groups in total. The van der Waals surface area contributed by atoms with Crippen molar-refractivity contribution >= 4 is 5.71 Å². The summed E-state index contributed by atoms with van der Waals surface area (Å²) in [5, 5.41) is 9.27. The van der Waals surface area contributed by atoms with Gasteiger partial charge in [-0.15, -0.1) is 0 Å². The molecule has 0 unspecified atom stereocenters. The maximum Gasteiger partial charge on any atom is 1.00 e. The molecule has 11 heavy (non-hydrogen) atoms. The van der Waals surface area contributed by atoms with Gasteiger partial charge in [0.1, 0.15) is 0 Å². The van der Waals surface area contributed by atoms with Crippen molar-refractivity contribution in [2.45, 2.75) is 40.0 Å². The Hall–Kier alpha value is 0.267. The topological polar surface area (TPSA) is 22.3 Å². The summed E-state index contributed by atoms with van der Waals surface area (Å²) in [7, 11) is 0. The van der Waals surface area contributed by atoms with Crippen LogP contribution in [0.25, 0.3) is 5.41 Å². The molecule has 1 saturated carbocycles. The molecule has 0 saturated heterocycles. The second kappa shape index (κ2) is 3.78. The fourth-order valence-electron chi connectivity index (χ4n) is 1.19. The van der Waals surface area contributed by atoms with Crippen molar-refractivity contribution < 1.29 is 18.9 Å². The van der Waals surface area contributed by atoms with Crippen molar-refractivity contribution in [3.63, 3.8) is 0 Å². The summed E-state index contributed by atoms with van der Waals surface area (Å²) >= 11 is 0. The molecule has 0 amide bonds. The zero-order chi connectivity index (χ0) is 7.78. The summed E-state index contributed by atoms with van der Waals surface area (Å²) < 4.78 is 0. The van der Waals surface area contributed by atoms with E-state index in [1.54, 1.807) is 0 Å². The van der Waals surface area contributed by atoms with Crippen LogP contribution >= 0.6 is 0 Å². The molecule has 0 heterocycles. The molecule has 1 aliphatic carbocycles. The van der Waals surface area contributed by atoms with Crippen molar-refractivity contribution in [1.29, 1.82) is 0 Å². The molecule has 1 aliphatic rings. The third-order valence-corrected chi connectivity index (χ3v) is 2.48. The van der Waals surface area contributed by atoms with Gasteiger partial charge >= 0.3 is 18.9 Å². The van der Waals surface area contributed by atoms with Crippen LogP contribution in [-0.4, -0.2) is 5.71 Å². The van der Waals surface area contributed by atoms with Crippen LogP contribution in [0.5, 0.6) is 0 Å². The van der Waals surface area contributed by atoms with Crippen LogP contribution in [0.15, 0.2) is 0 Å². The van der Waals surface area contributed by atoms with E-state index in [0.717, 1.165) is 12.3 Å². The Morgan fingerprint density at radius 3 is 2.18 bits per heavy atom. The van der Waals surface area contributed by atoms with Crippen LogP contribution in [0.4, 0.5) is 0 Å². The summed E-state index contributed by atoms with van der Waals surface area (Å²) in [5.41, 5.74) is 0.639. The average molecular weight is 145 g/mol. The maximum absolute atomic E-state index is 9.27. The molecule has 0 atom stereocenters. The van der Waals surface area contributed by atoms with E-state index in [4.69, 9.17) is 0 Å². The van der Waals surface area contributed by atoms with Crippen molar-refractivity contribution in [2.75, 3.05) is 0 Å². The maximum atomic E-state index is 9.27. The minimum atomic E-state index is 0. The van der Waals surface area contributed by atoms with Crippen molar-refractivity contribution in [1.82, 2.24) is 0 Å². The van der Waals surface area contributed by atoms with E-state index in [0.29, 0.717) is 5.71 Å². The van der Waals surface area contributed by atoms with Gasteiger partial charge in [-0.3, -0.25) is 0 Å². The van der Waals surface area contributed by atoms with E-state index >= 15 is 0 Å². The van der Waals surface area contributed by atoms with Gasteiger partial charge in [-0.05, 0) is 17.8 Å². The molecule has 0 aromatic rings. The standard InChI is InChI=1S/C9H16N.Li/c1-7(10)9(2,3)6-8-4-5-8;/h8H,4-6H2,1-3H3;/q-1;+1. The molecule has 2 heteroatoms. The van der Waals surface area contributed by atoms with Crippen LogP contribution in [-0.2, 0) is 0 Å². The quantitative estimate of drug-likeness (QED) is 0.389. The molecular formula is C9H16LiN. The number of nitrogens with zero attached hydrogens (tertiary/aromatic N) is 1. The monoisotopic (exact) mass is 145 g/mol. The Bertz CT molecular complexity index is 148. The first-order valence-corrected chi connectivity index (χ1v) is 4.05. The molecule has 1 fully saturated rings. The predicted octanol–water partition coefficient (Wildman–Crippen LogP) is -0.153. The summed E-state index contributed by atoms with van der Waals surface area (Å²) in [6.45, 7) is 6.03. The van der Waals surface area contributed by atoms with E-state index in [9.17, 15) is 5.41 Å². The Kier molecular flexibility index (Phi) is 3.88. The normalized spacial score (nSPS) is 17.4. The zero-order valence-electron chi connectivity index (χ0n) is 8.15. The van der Waals surface area contributed by atoms with E-state index in [1.807, 2.05) is 6.92 Å². The van der Waals surface area contributed by atoms with Gasteiger partial charge in [0.15, 0.2) is 0 Å². The summed E-state index contributed by atoms with van der Waals surface area (Å²) in [5.74, 6) is 0.900. The van der Waals surface area contributed by atoms with Crippen LogP contribution in [0.3, 0.4) is 0 Å². The minimum Gasteiger partial charge on any atom is -0.811 e. The molecule has 0 radical (unpaired) electrons. The number of rotatable bonds is 3. The fourth-order valence-corrected chi connectivity index (χ4v) is 1.19. The van der Waals surface area contributed by atoms with Crippen molar-refractivity contribution in [3.8, 4) is 0 Å². The van der Waals surface area contributed by atoms with Crippen LogP contribution < -0.4 is 18.9 Å². The third-order valence-electron chi connectivity index (χ3n) is 2.48. The molecule has 0 spiro atoms. The average Bonchev–Trinajstić information content (AvgIpc) is 2.48. The van der Waals surface area contributed by atoms with E-state index in [1.165, 1.54) is 12.8 Å². The molecular weight excluding hydrogens is 129 g/mol. The van der Waals surface area contributed by atoms with E-state index < -0.39 is 0 Å². The summed E-state index contributed by atoms with van der Waals surface area (Å²) in [6.07, 6.45) is 3.91. The fraction of sp³-hybridized carbons (Fsp3) is 0.889.